The van der Waals surface area contributed by atoms with Crippen molar-refractivity contribution < 1.29 is 9.90 Å². The molecular weight excluding hydrogens is 286 g/mol. The van der Waals surface area contributed by atoms with Gasteiger partial charge in [0.1, 0.15) is 0 Å². The van der Waals surface area contributed by atoms with Crippen LogP contribution in [-0.2, 0) is 11.2 Å². The van der Waals surface area contributed by atoms with E-state index in [0.29, 0.717) is 19.0 Å². The van der Waals surface area contributed by atoms with Crippen LogP contribution in [0.2, 0.25) is 0 Å². The van der Waals surface area contributed by atoms with Gasteiger partial charge in [-0.2, -0.15) is 0 Å². The Hall–Kier alpha value is -1.61. The first-order valence-electron chi connectivity index (χ1n) is 8.46. The lowest BCUT2D eigenvalue weighted by Crippen LogP contribution is -2.37. The Balaban J connectivity index is 2.03. The molecule has 23 heavy (non-hydrogen) atoms. The summed E-state index contributed by atoms with van der Waals surface area (Å²) in [6, 6.07) is 10.2. The summed E-state index contributed by atoms with van der Waals surface area (Å²) < 4.78 is 0. The van der Waals surface area contributed by atoms with Crippen LogP contribution in [0.15, 0.2) is 42.0 Å². The maximum atomic E-state index is 12.9. The molecule has 2 unspecified atom stereocenters. The molecule has 0 aromatic heterocycles. The number of benzene rings is 1. The smallest absolute Gasteiger partial charge is 0.226 e. The molecule has 1 aromatic carbocycles. The topological polar surface area (TPSA) is 40.5 Å². The minimum atomic E-state index is 0.0149. The summed E-state index contributed by atoms with van der Waals surface area (Å²) in [5, 5.41) is 9.32. The molecule has 2 rings (SSSR count). The van der Waals surface area contributed by atoms with Crippen LogP contribution in [0.5, 0.6) is 0 Å². The van der Waals surface area contributed by atoms with E-state index in [1.807, 2.05) is 23.1 Å². The van der Waals surface area contributed by atoms with E-state index in [1.54, 1.807) is 0 Å². The van der Waals surface area contributed by atoms with Crippen molar-refractivity contribution in [2.75, 3.05) is 19.7 Å². The molecule has 1 amide bonds. The summed E-state index contributed by atoms with van der Waals surface area (Å²) in [4.78, 5) is 14.7. The van der Waals surface area contributed by atoms with Gasteiger partial charge in [-0.25, -0.2) is 0 Å². The second-order valence-electron chi connectivity index (χ2n) is 7.35. The van der Waals surface area contributed by atoms with Gasteiger partial charge in [0.2, 0.25) is 5.91 Å². The molecule has 3 heteroatoms. The molecule has 2 atom stereocenters. The molecule has 0 heterocycles. The third-order valence-corrected chi connectivity index (χ3v) is 4.88. The molecule has 1 aliphatic rings. The van der Waals surface area contributed by atoms with Crippen molar-refractivity contribution in [1.29, 1.82) is 0 Å². The number of aliphatic hydroxyl groups excluding tert-OH is 1. The highest BCUT2D eigenvalue weighted by molar-refractivity contribution is 5.83. The number of carbonyl (C=O) groups excluding carboxylic acids is 1. The van der Waals surface area contributed by atoms with Crippen LogP contribution in [0.4, 0.5) is 0 Å². The molecule has 126 valence electrons. The first-order chi connectivity index (χ1) is 10.9. The Kier molecular flexibility index (Phi) is 5.64. The zero-order valence-electron chi connectivity index (χ0n) is 14.7. The van der Waals surface area contributed by atoms with Crippen LogP contribution in [0.3, 0.4) is 0 Å². The Morgan fingerprint density at radius 2 is 1.87 bits per heavy atom. The van der Waals surface area contributed by atoms with E-state index >= 15 is 0 Å². The lowest BCUT2D eigenvalue weighted by atomic mass is 10.1. The van der Waals surface area contributed by atoms with Crippen molar-refractivity contribution in [3.8, 4) is 0 Å². The summed E-state index contributed by atoms with van der Waals surface area (Å²) in [5.74, 6) is 0.542. The second kappa shape index (κ2) is 7.31. The van der Waals surface area contributed by atoms with Crippen molar-refractivity contribution in [2.45, 2.75) is 34.1 Å². The first kappa shape index (κ1) is 17.7. The monoisotopic (exact) mass is 315 g/mol. The van der Waals surface area contributed by atoms with E-state index in [2.05, 4.69) is 45.9 Å². The molecule has 1 saturated carbocycles. The summed E-state index contributed by atoms with van der Waals surface area (Å²) in [7, 11) is 0. The molecule has 1 fully saturated rings. The minimum absolute atomic E-state index is 0.0149. The van der Waals surface area contributed by atoms with Gasteiger partial charge in [0.25, 0.3) is 0 Å². The summed E-state index contributed by atoms with van der Waals surface area (Å²) in [5.41, 5.74) is 2.50. The second-order valence-corrected chi connectivity index (χ2v) is 7.35. The van der Waals surface area contributed by atoms with Crippen LogP contribution in [0, 0.1) is 17.3 Å². The highest BCUT2D eigenvalue weighted by Crippen LogP contribution is 2.60. The molecule has 0 spiro atoms. The van der Waals surface area contributed by atoms with Gasteiger partial charge in [-0.1, -0.05) is 55.8 Å². The minimum Gasteiger partial charge on any atom is -0.395 e. The van der Waals surface area contributed by atoms with Gasteiger partial charge in [0, 0.05) is 13.1 Å². The highest BCUT2D eigenvalue weighted by Gasteiger charge is 2.61. The molecule has 0 saturated heterocycles. The van der Waals surface area contributed by atoms with Crippen LogP contribution in [0.1, 0.15) is 33.3 Å². The average molecular weight is 315 g/mol. The number of hydrogen-bond donors (Lipinski definition) is 1. The van der Waals surface area contributed by atoms with Gasteiger partial charge >= 0.3 is 0 Å². The van der Waals surface area contributed by atoms with Gasteiger partial charge in [0.15, 0.2) is 0 Å². The van der Waals surface area contributed by atoms with Gasteiger partial charge < -0.3 is 10.0 Å². The highest BCUT2D eigenvalue weighted by atomic mass is 16.3. The SMILES string of the molecule is CC(C)=CC1C(C(=O)N(CCO)CCc2ccccc2)C1(C)C. The van der Waals surface area contributed by atoms with Gasteiger partial charge in [0.05, 0.1) is 12.5 Å². The number of carbonyl (C=O) groups is 1. The molecule has 1 aromatic rings. The molecule has 0 bridgehead atoms. The fourth-order valence-electron chi connectivity index (χ4n) is 3.38. The number of nitrogens with zero attached hydrogens (tertiary/aromatic N) is 1. The molecular formula is C20H29NO2. The van der Waals surface area contributed by atoms with E-state index in [-0.39, 0.29) is 23.8 Å². The maximum Gasteiger partial charge on any atom is 0.226 e. The summed E-state index contributed by atoms with van der Waals surface area (Å²) in [6.45, 7) is 9.58. The molecule has 3 nitrogen and oxygen atoms in total. The van der Waals surface area contributed by atoms with Crippen molar-refractivity contribution in [3.05, 3.63) is 47.5 Å². The van der Waals surface area contributed by atoms with Crippen LogP contribution in [0.25, 0.3) is 0 Å². The molecule has 0 radical (unpaired) electrons. The summed E-state index contributed by atoms with van der Waals surface area (Å²) in [6.07, 6.45) is 3.05. The number of rotatable bonds is 7. The zero-order valence-corrected chi connectivity index (χ0v) is 14.7. The maximum absolute atomic E-state index is 12.9. The predicted molar refractivity (Wildman–Crippen MR) is 94.0 cm³/mol. The summed E-state index contributed by atoms with van der Waals surface area (Å²) >= 11 is 0. The number of allylic oxidation sites excluding steroid dienone is 2. The Morgan fingerprint density at radius 1 is 1.22 bits per heavy atom. The van der Waals surface area contributed by atoms with Crippen molar-refractivity contribution in [1.82, 2.24) is 4.90 Å². The van der Waals surface area contributed by atoms with Crippen molar-refractivity contribution in [2.24, 2.45) is 17.3 Å². The Morgan fingerprint density at radius 3 is 2.43 bits per heavy atom. The predicted octanol–water partition coefficient (Wildman–Crippen LogP) is 3.29. The van der Waals surface area contributed by atoms with Gasteiger partial charge in [-0.3, -0.25) is 4.79 Å². The van der Waals surface area contributed by atoms with Crippen molar-refractivity contribution >= 4 is 5.91 Å². The number of hydrogen-bond acceptors (Lipinski definition) is 2. The van der Waals surface area contributed by atoms with Crippen molar-refractivity contribution in [3.63, 3.8) is 0 Å². The lowest BCUT2D eigenvalue weighted by Gasteiger charge is -2.22. The lowest BCUT2D eigenvalue weighted by molar-refractivity contribution is -0.134. The molecule has 1 aliphatic carbocycles. The van der Waals surface area contributed by atoms with Gasteiger partial charge in [-0.15, -0.1) is 0 Å². The fraction of sp³-hybridized carbons (Fsp3) is 0.550. The number of aliphatic hydroxyl groups is 1. The first-order valence-corrected chi connectivity index (χ1v) is 8.46. The Bertz CT molecular complexity index is 558. The quantitative estimate of drug-likeness (QED) is 0.784. The van der Waals surface area contributed by atoms with E-state index in [1.165, 1.54) is 11.1 Å². The van der Waals surface area contributed by atoms with E-state index in [9.17, 15) is 9.90 Å². The van der Waals surface area contributed by atoms with Gasteiger partial charge in [-0.05, 0) is 37.2 Å². The fourth-order valence-corrected chi connectivity index (χ4v) is 3.38. The third-order valence-electron chi connectivity index (χ3n) is 4.88. The standard InChI is InChI=1S/C20H29NO2/c1-15(2)14-17-18(20(17,3)4)19(23)21(12-13-22)11-10-16-8-6-5-7-9-16/h5-9,14,17-18,22H,10-13H2,1-4H3. The number of amides is 1. The average Bonchev–Trinajstić information content (AvgIpc) is 3.03. The Labute approximate surface area is 140 Å². The molecule has 1 N–H and O–H groups in total. The van der Waals surface area contributed by atoms with E-state index in [0.717, 1.165) is 6.42 Å². The third kappa shape index (κ3) is 4.23. The van der Waals surface area contributed by atoms with E-state index in [4.69, 9.17) is 0 Å². The normalized spacial score (nSPS) is 21.6. The largest absolute Gasteiger partial charge is 0.395 e. The zero-order chi connectivity index (χ0) is 17.0. The van der Waals surface area contributed by atoms with Crippen LogP contribution < -0.4 is 0 Å². The van der Waals surface area contributed by atoms with E-state index < -0.39 is 0 Å². The van der Waals surface area contributed by atoms with Crippen LogP contribution in [-0.4, -0.2) is 35.6 Å². The van der Waals surface area contributed by atoms with Crippen LogP contribution >= 0.6 is 0 Å². The molecule has 0 aliphatic heterocycles.